The van der Waals surface area contributed by atoms with Crippen molar-refractivity contribution in [1.82, 2.24) is 4.57 Å². The third-order valence-electron chi connectivity index (χ3n) is 8.33. The molecule has 2 aromatic carbocycles. The van der Waals surface area contributed by atoms with E-state index in [1.165, 1.54) is 24.4 Å². The van der Waals surface area contributed by atoms with Crippen LogP contribution in [0.15, 0.2) is 41.3 Å². The first-order valence-electron chi connectivity index (χ1n) is 14.4. The van der Waals surface area contributed by atoms with E-state index in [1.807, 2.05) is 0 Å². The number of carbonyl (C=O) groups is 2. The summed E-state index contributed by atoms with van der Waals surface area (Å²) in [6.45, 7) is -0.517. The number of halogens is 2. The quantitative estimate of drug-likeness (QED) is 0.232. The lowest BCUT2D eigenvalue weighted by atomic mass is 9.92. The molecule has 1 aromatic heterocycles. The SMILES string of the molecule is O=C(O)c1cn(C2CC2)c2cc(N3CCC(O)(COc4ccc(N5CC(COP(=O)(O)O)OC5=O)cc4F)CC3)c(F)cc2c1=O. The minimum atomic E-state index is -4.76. The number of anilines is 2. The first-order valence-corrected chi connectivity index (χ1v) is 15.9. The number of carboxylic acid groups (broad SMARTS) is 1. The number of piperidine rings is 1. The van der Waals surface area contributed by atoms with Gasteiger partial charge in [0.05, 0.1) is 30.0 Å². The van der Waals surface area contributed by atoms with Gasteiger partial charge in [-0.05, 0) is 49.9 Å². The smallest absolute Gasteiger partial charge is 0.469 e. The van der Waals surface area contributed by atoms with Crippen LogP contribution in [0.5, 0.6) is 5.75 Å². The summed E-state index contributed by atoms with van der Waals surface area (Å²) in [5, 5.41) is 20.6. The van der Waals surface area contributed by atoms with Gasteiger partial charge < -0.3 is 38.9 Å². The van der Waals surface area contributed by atoms with Gasteiger partial charge in [-0.3, -0.25) is 14.2 Å². The van der Waals surface area contributed by atoms with Crippen molar-refractivity contribution < 1.29 is 56.9 Å². The number of benzene rings is 2. The van der Waals surface area contributed by atoms with Crippen molar-refractivity contribution >= 4 is 42.2 Å². The molecule has 3 aromatic rings. The summed E-state index contributed by atoms with van der Waals surface area (Å²) in [6, 6.07) is 6.31. The number of phosphoric acid groups is 1. The molecule has 6 rings (SSSR count). The molecule has 1 atom stereocenters. The number of ether oxygens (including phenoxy) is 2. The van der Waals surface area contributed by atoms with Crippen molar-refractivity contribution in [3.05, 3.63) is 63.9 Å². The number of nitrogens with zero attached hydrogens (tertiary/aromatic N) is 3. The molecule has 2 aliphatic heterocycles. The molecular formula is C29H30F2N3O11P. The number of fused-ring (bicyclic) bond motifs is 1. The van der Waals surface area contributed by atoms with Gasteiger partial charge in [-0.2, -0.15) is 0 Å². The van der Waals surface area contributed by atoms with Crippen molar-refractivity contribution in [1.29, 1.82) is 0 Å². The van der Waals surface area contributed by atoms with E-state index in [0.29, 0.717) is 5.52 Å². The minimum Gasteiger partial charge on any atom is -0.488 e. The van der Waals surface area contributed by atoms with Crippen LogP contribution in [-0.4, -0.2) is 81.2 Å². The van der Waals surface area contributed by atoms with E-state index in [9.17, 15) is 33.6 Å². The van der Waals surface area contributed by atoms with E-state index >= 15 is 4.39 Å². The largest absolute Gasteiger partial charge is 0.488 e. The zero-order valence-corrected chi connectivity index (χ0v) is 25.1. The van der Waals surface area contributed by atoms with Crippen LogP contribution in [0.2, 0.25) is 0 Å². The summed E-state index contributed by atoms with van der Waals surface area (Å²) in [4.78, 5) is 57.0. The van der Waals surface area contributed by atoms with Crippen LogP contribution in [0.3, 0.4) is 0 Å². The minimum absolute atomic E-state index is 0.0154. The van der Waals surface area contributed by atoms with Crippen molar-refractivity contribution in [3.63, 3.8) is 0 Å². The first-order chi connectivity index (χ1) is 21.7. The van der Waals surface area contributed by atoms with Gasteiger partial charge in [0.15, 0.2) is 11.6 Å². The lowest BCUT2D eigenvalue weighted by molar-refractivity contribution is -0.0250. The number of cyclic esters (lactones) is 1. The number of hydrogen-bond acceptors (Lipinski definition) is 9. The van der Waals surface area contributed by atoms with Gasteiger partial charge in [-0.25, -0.2) is 22.9 Å². The molecule has 1 aliphatic carbocycles. The summed E-state index contributed by atoms with van der Waals surface area (Å²) in [5.41, 5.74) is -1.78. The molecule has 46 heavy (non-hydrogen) atoms. The van der Waals surface area contributed by atoms with Crippen molar-refractivity contribution in [2.45, 2.75) is 43.4 Å². The molecule has 1 saturated carbocycles. The Hall–Kier alpha value is -4.08. The molecule has 2 saturated heterocycles. The maximum Gasteiger partial charge on any atom is 0.469 e. The number of pyridine rings is 1. The Balaban J connectivity index is 1.10. The van der Waals surface area contributed by atoms with Crippen molar-refractivity contribution in [3.8, 4) is 5.75 Å². The normalized spacial score (nSPS) is 19.8. The highest BCUT2D eigenvalue weighted by atomic mass is 31.2. The Morgan fingerprint density at radius 3 is 2.43 bits per heavy atom. The third kappa shape index (κ3) is 6.57. The topological polar surface area (TPSA) is 188 Å². The number of aromatic carboxylic acids is 1. The van der Waals surface area contributed by atoms with E-state index in [2.05, 4.69) is 4.52 Å². The number of aromatic nitrogens is 1. The Labute approximate surface area is 259 Å². The van der Waals surface area contributed by atoms with Crippen molar-refractivity contribution in [2.24, 2.45) is 0 Å². The highest BCUT2D eigenvalue weighted by Crippen LogP contribution is 2.39. The summed E-state index contributed by atoms with van der Waals surface area (Å²) in [7, 11) is -4.76. The standard InChI is InChI=1S/C29H30F2N3O11P/c30-21-10-19-23(33(16-1-2-16)13-20(26(19)35)27(36)37)11-24(21)32-7-5-29(39,6-8-32)15-43-25-4-3-17(9-22(25)31)34-12-18(45-28(34)38)14-44-46(40,41)42/h3-4,9-11,13,16,18,39H,1-2,5-8,12,14-15H2,(H,36,37)(H2,40,41,42). The van der Waals surface area contributed by atoms with Crippen LogP contribution < -0.4 is 20.0 Å². The van der Waals surface area contributed by atoms with Gasteiger partial charge in [0.1, 0.15) is 29.7 Å². The van der Waals surface area contributed by atoms with Crippen LogP contribution in [0.25, 0.3) is 10.9 Å². The summed E-state index contributed by atoms with van der Waals surface area (Å²) >= 11 is 0. The van der Waals surface area contributed by atoms with Crippen molar-refractivity contribution in [2.75, 3.05) is 42.6 Å². The van der Waals surface area contributed by atoms with E-state index in [0.717, 1.165) is 29.9 Å². The Kier molecular flexibility index (Phi) is 8.27. The van der Waals surface area contributed by atoms with Gasteiger partial charge in [-0.1, -0.05) is 0 Å². The lowest BCUT2D eigenvalue weighted by Gasteiger charge is -2.39. The number of rotatable bonds is 10. The van der Waals surface area contributed by atoms with Gasteiger partial charge in [-0.15, -0.1) is 0 Å². The number of carboxylic acids is 1. The van der Waals surface area contributed by atoms with Gasteiger partial charge >= 0.3 is 19.9 Å². The summed E-state index contributed by atoms with van der Waals surface area (Å²) < 4.78 is 57.8. The maximum atomic E-state index is 15.3. The second kappa shape index (κ2) is 11.9. The fourth-order valence-electron chi connectivity index (χ4n) is 5.70. The number of phosphoric ester groups is 1. The molecule has 0 bridgehead atoms. The lowest BCUT2D eigenvalue weighted by Crippen LogP contribution is -2.48. The number of hydrogen-bond donors (Lipinski definition) is 4. The predicted molar refractivity (Wildman–Crippen MR) is 157 cm³/mol. The molecule has 3 heterocycles. The Bertz CT molecular complexity index is 1820. The van der Waals surface area contributed by atoms with Crippen LogP contribution in [0.1, 0.15) is 42.1 Å². The summed E-state index contributed by atoms with van der Waals surface area (Å²) in [6.07, 6.45) is 1.40. The Morgan fingerprint density at radius 2 is 1.80 bits per heavy atom. The molecule has 3 fully saturated rings. The van der Waals surface area contributed by atoms with E-state index < -0.39 is 60.8 Å². The molecule has 17 heteroatoms. The summed E-state index contributed by atoms with van der Waals surface area (Å²) in [5.74, 6) is -3.08. The first kappa shape index (κ1) is 31.9. The molecular weight excluding hydrogens is 635 g/mol. The van der Waals surface area contributed by atoms with Crippen LogP contribution in [0, 0.1) is 11.6 Å². The van der Waals surface area contributed by atoms with Crippen LogP contribution in [-0.2, 0) is 13.8 Å². The van der Waals surface area contributed by atoms with Crippen LogP contribution >= 0.6 is 7.82 Å². The number of amides is 1. The maximum absolute atomic E-state index is 15.3. The highest BCUT2D eigenvalue weighted by Gasteiger charge is 2.37. The van der Waals surface area contributed by atoms with E-state index in [1.54, 1.807) is 9.47 Å². The molecule has 0 spiro atoms. The van der Waals surface area contributed by atoms with Crippen LogP contribution in [0.4, 0.5) is 25.0 Å². The second-order valence-electron chi connectivity index (χ2n) is 11.7. The number of aliphatic hydroxyl groups is 1. The zero-order chi connectivity index (χ0) is 33.0. The third-order valence-corrected chi connectivity index (χ3v) is 8.82. The second-order valence-corrected chi connectivity index (χ2v) is 12.9. The van der Waals surface area contributed by atoms with E-state index in [-0.39, 0.29) is 67.6 Å². The van der Waals surface area contributed by atoms with Gasteiger partial charge in [0.25, 0.3) is 0 Å². The Morgan fingerprint density at radius 1 is 1.09 bits per heavy atom. The highest BCUT2D eigenvalue weighted by molar-refractivity contribution is 7.46. The molecule has 3 aliphatic rings. The molecule has 14 nitrogen and oxygen atoms in total. The van der Waals surface area contributed by atoms with Gasteiger partial charge in [0, 0.05) is 36.8 Å². The average molecular weight is 666 g/mol. The fourth-order valence-corrected chi connectivity index (χ4v) is 6.06. The average Bonchev–Trinajstić information content (AvgIpc) is 3.77. The monoisotopic (exact) mass is 665 g/mol. The molecule has 0 radical (unpaired) electrons. The molecule has 4 N–H and O–H groups in total. The van der Waals surface area contributed by atoms with E-state index in [4.69, 9.17) is 19.3 Å². The fraction of sp³-hybridized carbons (Fsp3) is 0.414. The predicted octanol–water partition coefficient (Wildman–Crippen LogP) is 3.16. The number of carbonyl (C=O) groups excluding carboxylic acids is 1. The zero-order valence-electron chi connectivity index (χ0n) is 24.2. The van der Waals surface area contributed by atoms with Gasteiger partial charge in [0.2, 0.25) is 5.43 Å². The molecule has 1 amide bonds. The molecule has 1 unspecified atom stereocenters. The molecule has 246 valence electrons.